The van der Waals surface area contributed by atoms with Crippen LogP contribution >= 0.6 is 0 Å². The Hall–Kier alpha value is -0.860. The lowest BCUT2D eigenvalue weighted by Crippen LogP contribution is -2.29. The third kappa shape index (κ3) is 1.87. The van der Waals surface area contributed by atoms with Gasteiger partial charge in [-0.2, -0.15) is 0 Å². The highest BCUT2D eigenvalue weighted by molar-refractivity contribution is 5.30. The Morgan fingerprint density at radius 1 is 1.19 bits per heavy atom. The van der Waals surface area contributed by atoms with Crippen LogP contribution in [0, 0.1) is 5.92 Å². The van der Waals surface area contributed by atoms with E-state index in [2.05, 4.69) is 29.7 Å². The first-order chi connectivity index (χ1) is 7.88. The first kappa shape index (κ1) is 10.3. The predicted octanol–water partition coefficient (Wildman–Crippen LogP) is 2.87. The normalized spacial score (nSPS) is 22.8. The molecule has 0 saturated heterocycles. The maximum Gasteiger partial charge on any atom is 0.0488 e. The van der Waals surface area contributed by atoms with Gasteiger partial charge in [0.25, 0.3) is 0 Å². The molecule has 86 valence electrons. The first-order valence-electron chi connectivity index (χ1n) is 6.44. The number of nitrogens with two attached hydrogens (primary N) is 1. The molecule has 1 aromatic carbocycles. The van der Waals surface area contributed by atoms with E-state index in [1.165, 1.54) is 43.2 Å². The van der Waals surface area contributed by atoms with Crippen LogP contribution < -0.4 is 11.3 Å². The fraction of sp³-hybridized carbons (Fsp3) is 0.571. The monoisotopic (exact) mass is 216 g/mol. The van der Waals surface area contributed by atoms with Gasteiger partial charge in [-0.3, -0.25) is 11.3 Å². The van der Waals surface area contributed by atoms with E-state index >= 15 is 0 Å². The second-order valence-electron chi connectivity index (χ2n) is 5.28. The van der Waals surface area contributed by atoms with Crippen molar-refractivity contribution in [3.8, 4) is 0 Å². The number of hydrazine groups is 1. The van der Waals surface area contributed by atoms with E-state index in [1.807, 2.05) is 0 Å². The van der Waals surface area contributed by atoms with Crippen LogP contribution in [0.25, 0.3) is 0 Å². The second kappa shape index (κ2) is 4.19. The van der Waals surface area contributed by atoms with Crippen molar-refractivity contribution < 1.29 is 0 Å². The average molecular weight is 216 g/mol. The number of hydrogen-bond acceptors (Lipinski definition) is 2. The van der Waals surface area contributed by atoms with Gasteiger partial charge in [0, 0.05) is 6.04 Å². The number of benzene rings is 1. The van der Waals surface area contributed by atoms with Crippen molar-refractivity contribution in [1.29, 1.82) is 0 Å². The summed E-state index contributed by atoms with van der Waals surface area (Å²) in [5.41, 5.74) is 5.88. The zero-order valence-corrected chi connectivity index (χ0v) is 9.65. The summed E-state index contributed by atoms with van der Waals surface area (Å²) in [6, 6.07) is 9.42. The average Bonchev–Trinajstić information content (AvgIpc) is 3.01. The molecule has 3 rings (SSSR count). The van der Waals surface area contributed by atoms with Crippen LogP contribution in [0.4, 0.5) is 0 Å². The Bertz CT molecular complexity index is 367. The summed E-state index contributed by atoms with van der Waals surface area (Å²) in [6.45, 7) is 0. The Labute approximate surface area is 97.2 Å². The zero-order valence-electron chi connectivity index (χ0n) is 9.65. The molecular formula is C14H20N2. The molecule has 0 radical (unpaired) electrons. The van der Waals surface area contributed by atoms with Gasteiger partial charge in [0.15, 0.2) is 0 Å². The highest BCUT2D eigenvalue weighted by atomic mass is 15.2. The molecule has 0 bridgehead atoms. The summed E-state index contributed by atoms with van der Waals surface area (Å²) in [4.78, 5) is 0. The minimum absolute atomic E-state index is 0.375. The molecular weight excluding hydrogens is 196 g/mol. The number of rotatable bonds is 4. The molecule has 2 nitrogen and oxygen atoms in total. The fourth-order valence-electron chi connectivity index (χ4n) is 2.68. The van der Waals surface area contributed by atoms with Gasteiger partial charge in [-0.15, -0.1) is 0 Å². The standard InChI is InChI=1S/C14H20N2/c15-16-14(11-7-8-11)13-6-2-5-12(9-13)10-3-1-4-10/h2,5-6,9-11,14,16H,1,3-4,7-8,15H2. The van der Waals surface area contributed by atoms with Crippen LogP contribution in [0.3, 0.4) is 0 Å². The minimum atomic E-state index is 0.375. The van der Waals surface area contributed by atoms with Crippen molar-refractivity contribution in [3.63, 3.8) is 0 Å². The van der Waals surface area contributed by atoms with E-state index in [9.17, 15) is 0 Å². The maximum atomic E-state index is 5.67. The Morgan fingerprint density at radius 3 is 2.56 bits per heavy atom. The van der Waals surface area contributed by atoms with Gasteiger partial charge in [-0.1, -0.05) is 30.7 Å². The minimum Gasteiger partial charge on any atom is -0.271 e. The molecule has 2 fully saturated rings. The van der Waals surface area contributed by atoms with E-state index in [0.29, 0.717) is 6.04 Å². The Balaban J connectivity index is 1.82. The van der Waals surface area contributed by atoms with Gasteiger partial charge in [0.1, 0.15) is 0 Å². The molecule has 1 aromatic rings. The summed E-state index contributed by atoms with van der Waals surface area (Å²) in [5.74, 6) is 7.25. The summed E-state index contributed by atoms with van der Waals surface area (Å²) in [6.07, 6.45) is 6.78. The lowest BCUT2D eigenvalue weighted by atomic mass is 9.79. The molecule has 2 aliphatic rings. The summed E-state index contributed by atoms with van der Waals surface area (Å²) < 4.78 is 0. The van der Waals surface area contributed by atoms with Crippen LogP contribution in [-0.2, 0) is 0 Å². The zero-order chi connectivity index (χ0) is 11.0. The van der Waals surface area contributed by atoms with Crippen LogP contribution in [0.1, 0.15) is 55.2 Å². The van der Waals surface area contributed by atoms with Crippen molar-refractivity contribution in [2.24, 2.45) is 11.8 Å². The van der Waals surface area contributed by atoms with Crippen LogP contribution in [-0.4, -0.2) is 0 Å². The van der Waals surface area contributed by atoms with Gasteiger partial charge < -0.3 is 0 Å². The van der Waals surface area contributed by atoms with Crippen molar-refractivity contribution >= 4 is 0 Å². The third-order valence-electron chi connectivity index (χ3n) is 4.12. The highest BCUT2D eigenvalue weighted by Crippen LogP contribution is 2.42. The van der Waals surface area contributed by atoms with E-state index in [1.54, 1.807) is 0 Å². The van der Waals surface area contributed by atoms with E-state index in [4.69, 9.17) is 5.84 Å². The lowest BCUT2D eigenvalue weighted by molar-refractivity contribution is 0.418. The molecule has 0 aliphatic heterocycles. The van der Waals surface area contributed by atoms with Gasteiger partial charge in [0.05, 0.1) is 0 Å². The van der Waals surface area contributed by atoms with Crippen LogP contribution in [0.15, 0.2) is 24.3 Å². The Morgan fingerprint density at radius 2 is 2.00 bits per heavy atom. The molecule has 2 heteroatoms. The Kier molecular flexibility index (Phi) is 2.70. The van der Waals surface area contributed by atoms with Crippen molar-refractivity contribution in [3.05, 3.63) is 35.4 Å². The summed E-state index contributed by atoms with van der Waals surface area (Å²) in [7, 11) is 0. The van der Waals surface area contributed by atoms with E-state index in [0.717, 1.165) is 11.8 Å². The SMILES string of the molecule is NNC(c1cccc(C2CCC2)c1)C1CC1. The molecule has 3 N–H and O–H groups in total. The number of nitrogens with one attached hydrogen (secondary N) is 1. The van der Waals surface area contributed by atoms with Crippen LogP contribution in [0.2, 0.25) is 0 Å². The second-order valence-corrected chi connectivity index (χ2v) is 5.28. The van der Waals surface area contributed by atoms with Crippen molar-refractivity contribution in [2.75, 3.05) is 0 Å². The van der Waals surface area contributed by atoms with Crippen molar-refractivity contribution in [1.82, 2.24) is 5.43 Å². The molecule has 0 spiro atoms. The van der Waals surface area contributed by atoms with Crippen molar-refractivity contribution in [2.45, 2.75) is 44.1 Å². The lowest BCUT2D eigenvalue weighted by Gasteiger charge is -2.27. The van der Waals surface area contributed by atoms with Gasteiger partial charge in [-0.05, 0) is 48.6 Å². The van der Waals surface area contributed by atoms with Gasteiger partial charge in [0.2, 0.25) is 0 Å². The van der Waals surface area contributed by atoms with E-state index in [-0.39, 0.29) is 0 Å². The molecule has 1 unspecified atom stereocenters. The van der Waals surface area contributed by atoms with Crippen LogP contribution in [0.5, 0.6) is 0 Å². The molecule has 0 aromatic heterocycles. The summed E-state index contributed by atoms with van der Waals surface area (Å²) >= 11 is 0. The maximum absolute atomic E-state index is 5.67. The molecule has 2 aliphatic carbocycles. The van der Waals surface area contributed by atoms with Gasteiger partial charge in [-0.25, -0.2) is 0 Å². The molecule has 16 heavy (non-hydrogen) atoms. The topological polar surface area (TPSA) is 38.0 Å². The van der Waals surface area contributed by atoms with E-state index < -0.39 is 0 Å². The molecule has 1 atom stereocenters. The quantitative estimate of drug-likeness (QED) is 0.600. The first-order valence-corrected chi connectivity index (χ1v) is 6.44. The fourth-order valence-corrected chi connectivity index (χ4v) is 2.68. The third-order valence-corrected chi connectivity index (χ3v) is 4.12. The smallest absolute Gasteiger partial charge is 0.0488 e. The predicted molar refractivity (Wildman–Crippen MR) is 65.8 cm³/mol. The largest absolute Gasteiger partial charge is 0.271 e. The molecule has 0 amide bonds. The highest BCUT2D eigenvalue weighted by Gasteiger charge is 2.32. The molecule has 0 heterocycles. The summed E-state index contributed by atoms with van der Waals surface area (Å²) in [5, 5.41) is 0. The van der Waals surface area contributed by atoms with Gasteiger partial charge >= 0.3 is 0 Å². The number of hydrogen-bond donors (Lipinski definition) is 2. The molecule has 2 saturated carbocycles.